The molecule has 0 aromatic heterocycles. The molecule has 1 atom stereocenters. The maximum atomic E-state index is 5.88. The second-order valence-electron chi connectivity index (χ2n) is 4.53. The summed E-state index contributed by atoms with van der Waals surface area (Å²) in [6.07, 6.45) is 0. The lowest BCUT2D eigenvalue weighted by molar-refractivity contribution is 0.307. The number of nitrogens with one attached hydrogen (secondary N) is 1. The van der Waals surface area contributed by atoms with Gasteiger partial charge in [-0.1, -0.05) is 39.7 Å². The van der Waals surface area contributed by atoms with Crippen LogP contribution in [0.15, 0.2) is 53.0 Å². The van der Waals surface area contributed by atoms with E-state index < -0.39 is 0 Å². The van der Waals surface area contributed by atoms with Gasteiger partial charge in [0.2, 0.25) is 0 Å². The number of hydrogen-bond donors (Lipinski definition) is 1. The van der Waals surface area contributed by atoms with Crippen LogP contribution in [0.1, 0.15) is 18.5 Å². The zero-order chi connectivity index (χ0) is 14.4. The zero-order valence-corrected chi connectivity index (χ0v) is 13.6. The first-order chi connectivity index (χ1) is 9.65. The summed E-state index contributed by atoms with van der Waals surface area (Å²) in [6.45, 7) is 3.56. The first kappa shape index (κ1) is 15.4. The molecule has 1 N–H and O–H groups in total. The Hall–Kier alpha value is -1.03. The topological polar surface area (TPSA) is 21.3 Å². The third-order valence-electron chi connectivity index (χ3n) is 3.00. The molecule has 0 saturated heterocycles. The van der Waals surface area contributed by atoms with Gasteiger partial charge in [-0.05, 0) is 48.9 Å². The number of rotatable bonds is 6. The molecular weight excluding hydrogens is 338 g/mol. The molecule has 0 spiro atoms. The highest BCUT2D eigenvalue weighted by Crippen LogP contribution is 2.17. The summed E-state index contributed by atoms with van der Waals surface area (Å²) in [6, 6.07) is 16.0. The summed E-state index contributed by atoms with van der Waals surface area (Å²) in [5.41, 5.74) is 1.22. The Balaban J connectivity index is 1.72. The highest BCUT2D eigenvalue weighted by molar-refractivity contribution is 9.10. The third-order valence-corrected chi connectivity index (χ3v) is 3.79. The van der Waals surface area contributed by atoms with E-state index in [0.29, 0.717) is 6.61 Å². The van der Waals surface area contributed by atoms with Crippen molar-refractivity contribution in [3.63, 3.8) is 0 Å². The molecule has 0 saturated carbocycles. The third kappa shape index (κ3) is 4.82. The Bertz CT molecular complexity index is 527. The van der Waals surface area contributed by atoms with Gasteiger partial charge in [0.25, 0.3) is 0 Å². The Labute approximate surface area is 133 Å². The van der Waals surface area contributed by atoms with Gasteiger partial charge in [-0.15, -0.1) is 0 Å². The monoisotopic (exact) mass is 353 g/mol. The van der Waals surface area contributed by atoms with Gasteiger partial charge < -0.3 is 10.1 Å². The molecule has 0 unspecified atom stereocenters. The van der Waals surface area contributed by atoms with E-state index in [1.807, 2.05) is 48.5 Å². The minimum atomic E-state index is 0.279. The molecule has 0 amide bonds. The molecular formula is C16H17BrClNO. The fraction of sp³-hybridized carbons (Fsp3) is 0.250. The van der Waals surface area contributed by atoms with E-state index in [1.165, 1.54) is 5.56 Å². The van der Waals surface area contributed by atoms with Crippen molar-refractivity contribution in [3.8, 4) is 5.75 Å². The molecule has 4 heteroatoms. The van der Waals surface area contributed by atoms with Crippen molar-refractivity contribution in [1.29, 1.82) is 0 Å². The second-order valence-corrected chi connectivity index (χ2v) is 5.88. The molecule has 2 nitrogen and oxygen atoms in total. The molecule has 2 aromatic carbocycles. The number of hydrogen-bond acceptors (Lipinski definition) is 2. The van der Waals surface area contributed by atoms with E-state index in [-0.39, 0.29) is 6.04 Å². The van der Waals surface area contributed by atoms with Crippen LogP contribution in [0.3, 0.4) is 0 Å². The van der Waals surface area contributed by atoms with E-state index in [2.05, 4.69) is 28.2 Å². The Kier molecular flexibility index (Phi) is 5.89. The minimum absolute atomic E-state index is 0.279. The first-order valence-electron chi connectivity index (χ1n) is 6.52. The van der Waals surface area contributed by atoms with Crippen molar-refractivity contribution in [1.82, 2.24) is 5.32 Å². The van der Waals surface area contributed by atoms with E-state index in [1.54, 1.807) is 0 Å². The van der Waals surface area contributed by atoms with Crippen molar-refractivity contribution in [2.45, 2.75) is 13.0 Å². The Morgan fingerprint density at radius 2 is 1.75 bits per heavy atom. The van der Waals surface area contributed by atoms with Crippen LogP contribution < -0.4 is 10.1 Å². The van der Waals surface area contributed by atoms with Crippen molar-refractivity contribution in [3.05, 3.63) is 63.6 Å². The molecule has 20 heavy (non-hydrogen) atoms. The quantitative estimate of drug-likeness (QED) is 0.750. The van der Waals surface area contributed by atoms with Gasteiger partial charge in [-0.25, -0.2) is 0 Å². The lowest BCUT2D eigenvalue weighted by atomic mass is 10.1. The van der Waals surface area contributed by atoms with E-state index in [4.69, 9.17) is 16.3 Å². The van der Waals surface area contributed by atoms with Gasteiger partial charge in [0.05, 0.1) is 0 Å². The smallest absolute Gasteiger partial charge is 0.119 e. The number of ether oxygens (including phenoxy) is 1. The summed E-state index contributed by atoms with van der Waals surface area (Å²) in [4.78, 5) is 0. The molecule has 0 aliphatic heterocycles. The van der Waals surface area contributed by atoms with Gasteiger partial charge >= 0.3 is 0 Å². The normalized spacial score (nSPS) is 12.2. The molecule has 0 aliphatic carbocycles. The predicted molar refractivity (Wildman–Crippen MR) is 87.5 cm³/mol. The number of halogens is 2. The molecule has 2 aromatic rings. The molecule has 0 radical (unpaired) electrons. The Morgan fingerprint density at radius 1 is 1.10 bits per heavy atom. The van der Waals surface area contributed by atoms with Crippen LogP contribution in [0.2, 0.25) is 5.02 Å². The summed E-state index contributed by atoms with van der Waals surface area (Å²) in [7, 11) is 0. The summed E-state index contributed by atoms with van der Waals surface area (Å²) < 4.78 is 6.72. The van der Waals surface area contributed by atoms with Crippen molar-refractivity contribution in [2.75, 3.05) is 13.2 Å². The van der Waals surface area contributed by atoms with Gasteiger partial charge in [-0.3, -0.25) is 0 Å². The van der Waals surface area contributed by atoms with Crippen LogP contribution >= 0.6 is 27.5 Å². The van der Waals surface area contributed by atoms with Gasteiger partial charge in [0.1, 0.15) is 12.4 Å². The highest BCUT2D eigenvalue weighted by atomic mass is 79.9. The van der Waals surface area contributed by atoms with Crippen LogP contribution in [0, 0.1) is 0 Å². The SMILES string of the molecule is C[C@H](NCCOc1ccc(Br)cc1)c1ccc(Cl)cc1. The zero-order valence-electron chi connectivity index (χ0n) is 11.3. The second kappa shape index (κ2) is 7.67. The molecule has 0 bridgehead atoms. The minimum Gasteiger partial charge on any atom is -0.492 e. The summed E-state index contributed by atoms with van der Waals surface area (Å²) >= 11 is 9.28. The van der Waals surface area contributed by atoms with Gasteiger partial charge in [0, 0.05) is 22.1 Å². The average molecular weight is 355 g/mol. The largest absolute Gasteiger partial charge is 0.492 e. The summed E-state index contributed by atoms with van der Waals surface area (Å²) in [5, 5.41) is 4.19. The fourth-order valence-electron chi connectivity index (χ4n) is 1.84. The Morgan fingerprint density at radius 3 is 2.40 bits per heavy atom. The summed E-state index contributed by atoms with van der Waals surface area (Å²) in [5.74, 6) is 0.883. The van der Waals surface area contributed by atoms with Crippen LogP contribution in [0.5, 0.6) is 5.75 Å². The van der Waals surface area contributed by atoms with Crippen LogP contribution in [0.4, 0.5) is 0 Å². The molecule has 0 aliphatic rings. The van der Waals surface area contributed by atoms with Crippen molar-refractivity contribution < 1.29 is 4.74 Å². The highest BCUT2D eigenvalue weighted by Gasteiger charge is 2.04. The van der Waals surface area contributed by atoms with E-state index in [9.17, 15) is 0 Å². The molecule has 0 heterocycles. The number of benzene rings is 2. The lowest BCUT2D eigenvalue weighted by Crippen LogP contribution is -2.24. The molecule has 2 rings (SSSR count). The predicted octanol–water partition coefficient (Wildman–Crippen LogP) is 4.83. The van der Waals surface area contributed by atoms with Gasteiger partial charge in [0.15, 0.2) is 0 Å². The standard InChI is InChI=1S/C16H17BrClNO/c1-12(13-2-6-15(18)7-3-13)19-10-11-20-16-8-4-14(17)5-9-16/h2-9,12,19H,10-11H2,1H3/t12-/m0/s1. The van der Waals surface area contributed by atoms with E-state index >= 15 is 0 Å². The van der Waals surface area contributed by atoms with Gasteiger partial charge in [-0.2, -0.15) is 0 Å². The molecule has 0 fully saturated rings. The molecule has 106 valence electrons. The lowest BCUT2D eigenvalue weighted by Gasteiger charge is -2.14. The fourth-order valence-corrected chi connectivity index (χ4v) is 2.23. The first-order valence-corrected chi connectivity index (χ1v) is 7.69. The maximum Gasteiger partial charge on any atom is 0.119 e. The van der Waals surface area contributed by atoms with Crippen LogP contribution in [-0.4, -0.2) is 13.2 Å². The van der Waals surface area contributed by atoms with Crippen LogP contribution in [-0.2, 0) is 0 Å². The maximum absolute atomic E-state index is 5.88. The van der Waals surface area contributed by atoms with Crippen molar-refractivity contribution >= 4 is 27.5 Å². The average Bonchev–Trinajstić information content (AvgIpc) is 2.46. The van der Waals surface area contributed by atoms with Crippen molar-refractivity contribution in [2.24, 2.45) is 0 Å². The van der Waals surface area contributed by atoms with E-state index in [0.717, 1.165) is 21.8 Å². The van der Waals surface area contributed by atoms with Crippen LogP contribution in [0.25, 0.3) is 0 Å².